The Morgan fingerprint density at radius 3 is 2.37 bits per heavy atom. The Bertz CT molecular complexity index is 2110. The topological polar surface area (TPSA) is 88.5 Å². The van der Waals surface area contributed by atoms with Crippen molar-refractivity contribution in [3.8, 4) is 0 Å². The number of aromatic nitrogens is 1. The molecule has 7 nitrogen and oxygen atoms in total. The Balaban J connectivity index is 1.28. The van der Waals surface area contributed by atoms with Crippen molar-refractivity contribution >= 4 is 78.9 Å². The van der Waals surface area contributed by atoms with Gasteiger partial charge < -0.3 is 5.32 Å². The molecule has 1 aromatic heterocycles. The minimum Gasteiger partial charge on any atom is -0.324 e. The average Bonchev–Trinajstić information content (AvgIpc) is 3.47. The Morgan fingerprint density at radius 1 is 0.891 bits per heavy atom. The predicted octanol–water partition coefficient (Wildman–Crippen LogP) is 7.28. The summed E-state index contributed by atoms with van der Waals surface area (Å²) in [7, 11) is 0. The van der Waals surface area contributed by atoms with E-state index in [1.54, 1.807) is 30.3 Å². The lowest BCUT2D eigenvalue weighted by Crippen LogP contribution is -2.33. The quantitative estimate of drug-likeness (QED) is 0.193. The molecule has 0 bridgehead atoms. The summed E-state index contributed by atoms with van der Waals surface area (Å²) in [4.78, 5) is 55.6. The lowest BCUT2D eigenvalue weighted by molar-refractivity contribution is -0.137. The molecule has 1 N–H and O–H groups in total. The van der Waals surface area contributed by atoms with E-state index in [4.69, 9.17) is 0 Å². The van der Waals surface area contributed by atoms with Crippen molar-refractivity contribution in [1.29, 1.82) is 0 Å². The third-order valence-corrected chi connectivity index (χ3v) is 11.2. The summed E-state index contributed by atoms with van der Waals surface area (Å²) < 4.78 is 42.7. The van der Waals surface area contributed by atoms with Gasteiger partial charge in [-0.2, -0.15) is 13.2 Å². The monoisotopic (exact) mass is 723 g/mol. The van der Waals surface area contributed by atoms with Crippen LogP contribution >= 0.6 is 39.0 Å². The summed E-state index contributed by atoms with van der Waals surface area (Å²) >= 11 is 5.30. The molecule has 0 saturated carbocycles. The van der Waals surface area contributed by atoms with Gasteiger partial charge in [0.25, 0.3) is 0 Å². The number of carbonyl (C=O) groups is 3. The zero-order valence-corrected chi connectivity index (χ0v) is 26.7. The van der Waals surface area contributed by atoms with Crippen molar-refractivity contribution in [3.05, 3.63) is 121 Å². The fraction of sp³-hybridized carbons (Fsp3) is 0.152. The lowest BCUT2D eigenvalue weighted by atomic mass is 9.83. The van der Waals surface area contributed by atoms with Gasteiger partial charge in [0.1, 0.15) is 11.8 Å². The number of rotatable bonds is 5. The first-order chi connectivity index (χ1) is 22.0. The van der Waals surface area contributed by atoms with Crippen LogP contribution in [0.4, 0.5) is 24.5 Å². The molecule has 0 aliphatic carbocycles. The molecule has 46 heavy (non-hydrogen) atoms. The van der Waals surface area contributed by atoms with Crippen LogP contribution in [-0.4, -0.2) is 27.5 Å². The van der Waals surface area contributed by atoms with Gasteiger partial charge in [-0.1, -0.05) is 93.6 Å². The molecule has 2 unspecified atom stereocenters. The van der Waals surface area contributed by atoms with Crippen LogP contribution in [0, 0.1) is 5.92 Å². The number of hydrogen-bond donors (Lipinski definition) is 1. The molecule has 13 heteroatoms. The van der Waals surface area contributed by atoms with E-state index in [1.807, 2.05) is 36.4 Å². The van der Waals surface area contributed by atoms with Crippen LogP contribution in [-0.2, 0) is 27.1 Å². The van der Waals surface area contributed by atoms with Gasteiger partial charge in [-0.05, 0) is 47.3 Å². The summed E-state index contributed by atoms with van der Waals surface area (Å²) in [6, 6.07) is 24.3. The molecule has 4 aromatic carbocycles. The number of anilines is 2. The van der Waals surface area contributed by atoms with Crippen molar-refractivity contribution in [2.45, 2.75) is 28.9 Å². The van der Waals surface area contributed by atoms with Crippen LogP contribution in [0.5, 0.6) is 0 Å². The molecule has 1 fully saturated rings. The number of hydrogen-bond acceptors (Lipinski definition) is 6. The Morgan fingerprint density at radius 2 is 1.61 bits per heavy atom. The van der Waals surface area contributed by atoms with E-state index < -0.39 is 51.4 Å². The van der Waals surface area contributed by atoms with Gasteiger partial charge in [-0.3, -0.25) is 23.7 Å². The Labute approximate surface area is 276 Å². The van der Waals surface area contributed by atoms with Crippen molar-refractivity contribution < 1.29 is 27.6 Å². The van der Waals surface area contributed by atoms with Crippen LogP contribution in [0.2, 0.25) is 0 Å². The molecule has 3 amide bonds. The minimum atomic E-state index is -4.67. The van der Waals surface area contributed by atoms with Crippen molar-refractivity contribution in [1.82, 2.24) is 4.57 Å². The molecule has 0 spiro atoms. The summed E-state index contributed by atoms with van der Waals surface area (Å²) in [5.74, 6) is -3.53. The summed E-state index contributed by atoms with van der Waals surface area (Å²) in [6.07, 6.45) is -4.67. The van der Waals surface area contributed by atoms with Gasteiger partial charge in [0.15, 0.2) is 0 Å². The standard InChI is InChI=1S/C33H21BrF3N3O4S2/c34-20-13-11-18(12-14-20)25-26-27(30(43)40(29(26)42)21-8-4-7-19(15-21)33(35,36)37)45-31-28(25)46-32(44)39(31)16-24(41)38-23-10-3-6-17-5-1-2-9-22(17)23/h1-15,25-27H,16H2,(H,38,41)/t25-,26?,27?/m1/s1. The van der Waals surface area contributed by atoms with E-state index >= 15 is 0 Å². The summed E-state index contributed by atoms with van der Waals surface area (Å²) in [5.41, 5.74) is 0.0710. The number of imide groups is 1. The van der Waals surface area contributed by atoms with E-state index in [0.29, 0.717) is 21.2 Å². The predicted molar refractivity (Wildman–Crippen MR) is 174 cm³/mol. The van der Waals surface area contributed by atoms with Crippen molar-refractivity contribution in [2.24, 2.45) is 5.92 Å². The first kappa shape index (κ1) is 30.5. The number of nitrogens with zero attached hydrogens (tertiary/aromatic N) is 2. The molecular weight excluding hydrogens is 703 g/mol. The number of nitrogens with one attached hydrogen (secondary N) is 1. The maximum Gasteiger partial charge on any atom is 0.416 e. The van der Waals surface area contributed by atoms with Gasteiger partial charge >= 0.3 is 11.0 Å². The second kappa shape index (κ2) is 11.6. The number of thiazole rings is 1. The number of benzene rings is 4. The Kier molecular flexibility index (Phi) is 7.65. The van der Waals surface area contributed by atoms with Gasteiger partial charge in [0.05, 0.1) is 22.2 Å². The highest BCUT2D eigenvalue weighted by atomic mass is 79.9. The van der Waals surface area contributed by atoms with Crippen molar-refractivity contribution in [3.63, 3.8) is 0 Å². The third kappa shape index (κ3) is 5.25. The number of alkyl halides is 3. The molecule has 1 saturated heterocycles. The third-order valence-electron chi connectivity index (χ3n) is 8.08. The average molecular weight is 725 g/mol. The van der Waals surface area contributed by atoms with E-state index in [1.165, 1.54) is 10.6 Å². The molecule has 2 aliphatic heterocycles. The summed E-state index contributed by atoms with van der Waals surface area (Å²) in [5, 5.41) is 3.99. The first-order valence-electron chi connectivity index (χ1n) is 14.0. The molecular formula is C33H21BrF3N3O4S2. The maximum absolute atomic E-state index is 14.0. The Hall–Kier alpha value is -4.20. The number of halogens is 4. The molecule has 0 radical (unpaired) electrons. The van der Waals surface area contributed by atoms with E-state index in [2.05, 4.69) is 21.2 Å². The highest BCUT2D eigenvalue weighted by Gasteiger charge is 2.57. The number of amides is 3. The number of carbonyl (C=O) groups excluding carboxylic acids is 3. The number of thioether (sulfide) groups is 1. The fourth-order valence-electron chi connectivity index (χ4n) is 6.03. The van der Waals surface area contributed by atoms with Gasteiger partial charge in [0, 0.05) is 26.3 Å². The highest BCUT2D eigenvalue weighted by molar-refractivity contribution is 9.10. The SMILES string of the molecule is O=C(Cn1c2c(sc1=O)[C@H](c1ccc(Br)cc1)C1C(=O)N(c3cccc(C(F)(F)F)c3)C(=O)C1S2)Nc1cccc2ccccc12. The normalized spacial score (nSPS) is 19.3. The van der Waals surface area contributed by atoms with E-state index in [-0.39, 0.29) is 12.2 Å². The van der Waals surface area contributed by atoms with E-state index in [9.17, 15) is 32.3 Å². The number of fused-ring (bicyclic) bond motifs is 3. The largest absolute Gasteiger partial charge is 0.416 e. The fourth-order valence-corrected chi connectivity index (χ4v) is 9.07. The van der Waals surface area contributed by atoms with Gasteiger partial charge in [-0.25, -0.2) is 4.90 Å². The molecule has 232 valence electrons. The van der Waals surface area contributed by atoms with Crippen LogP contribution in [0.15, 0.2) is 105 Å². The lowest BCUT2D eigenvalue weighted by Gasteiger charge is -2.30. The maximum atomic E-state index is 14.0. The van der Waals surface area contributed by atoms with Crippen LogP contribution in [0.1, 0.15) is 21.9 Å². The molecule has 5 aromatic rings. The van der Waals surface area contributed by atoms with Gasteiger partial charge in [0.2, 0.25) is 17.7 Å². The van der Waals surface area contributed by atoms with Crippen LogP contribution < -0.4 is 15.1 Å². The van der Waals surface area contributed by atoms with Gasteiger partial charge in [-0.15, -0.1) is 0 Å². The molecule has 7 rings (SSSR count). The highest BCUT2D eigenvalue weighted by Crippen LogP contribution is 2.54. The minimum absolute atomic E-state index is 0.176. The zero-order chi connectivity index (χ0) is 32.3. The summed E-state index contributed by atoms with van der Waals surface area (Å²) in [6.45, 7) is -0.342. The molecule has 3 heterocycles. The zero-order valence-electron chi connectivity index (χ0n) is 23.5. The molecule has 2 aliphatic rings. The first-order valence-corrected chi connectivity index (χ1v) is 16.5. The van der Waals surface area contributed by atoms with Crippen molar-refractivity contribution in [2.75, 3.05) is 10.2 Å². The molecule has 3 atom stereocenters. The second-order valence-electron chi connectivity index (χ2n) is 10.9. The van der Waals surface area contributed by atoms with Crippen LogP contribution in [0.3, 0.4) is 0 Å². The van der Waals surface area contributed by atoms with E-state index in [0.717, 1.165) is 61.4 Å². The second-order valence-corrected chi connectivity index (χ2v) is 13.9. The van der Waals surface area contributed by atoms with Crippen LogP contribution in [0.25, 0.3) is 10.8 Å². The smallest absolute Gasteiger partial charge is 0.324 e.